The van der Waals surface area contributed by atoms with Gasteiger partial charge in [0.1, 0.15) is 6.04 Å². The maximum atomic E-state index is 13.0. The second kappa shape index (κ2) is 5.65. The molecule has 0 bridgehead atoms. The number of alkyl halides is 3. The van der Waals surface area contributed by atoms with Crippen LogP contribution in [0.5, 0.6) is 0 Å². The summed E-state index contributed by atoms with van der Waals surface area (Å²) in [4.78, 5) is 33.3. The van der Waals surface area contributed by atoms with Crippen molar-refractivity contribution in [1.82, 2.24) is 10.6 Å². The fourth-order valence-corrected chi connectivity index (χ4v) is 1.95. The van der Waals surface area contributed by atoms with E-state index in [1.807, 2.05) is 0 Å². The lowest BCUT2D eigenvalue weighted by Crippen LogP contribution is -2.56. The Morgan fingerprint density at radius 2 is 2.00 bits per heavy atom. The molecule has 1 fully saturated rings. The zero-order chi connectivity index (χ0) is 15.6. The number of primary amides is 1. The van der Waals surface area contributed by atoms with Gasteiger partial charge in [0.05, 0.1) is 6.42 Å². The van der Waals surface area contributed by atoms with Gasteiger partial charge in [-0.15, -0.1) is 0 Å². The van der Waals surface area contributed by atoms with Crippen LogP contribution < -0.4 is 16.4 Å². The summed E-state index contributed by atoms with van der Waals surface area (Å²) in [5, 5.41) is 12.9. The van der Waals surface area contributed by atoms with Crippen molar-refractivity contribution in [2.45, 2.75) is 25.1 Å². The summed E-state index contributed by atoms with van der Waals surface area (Å²) in [6.07, 6.45) is -6.09. The van der Waals surface area contributed by atoms with Gasteiger partial charge in [0.2, 0.25) is 11.8 Å². The van der Waals surface area contributed by atoms with Crippen LogP contribution in [0.3, 0.4) is 0 Å². The Balaban J connectivity index is 2.91. The number of aliphatic carboxylic acids is 1. The number of nitrogens with one attached hydrogen (secondary N) is 2. The fourth-order valence-electron chi connectivity index (χ4n) is 1.95. The number of nitrogens with two attached hydrogens (primary N) is 1. The second-order valence-corrected chi connectivity index (χ2v) is 4.54. The molecule has 0 spiro atoms. The molecule has 0 radical (unpaired) electrons. The number of hydrogen-bond donors (Lipinski definition) is 4. The van der Waals surface area contributed by atoms with E-state index in [9.17, 15) is 27.6 Å². The largest absolute Gasteiger partial charge is 0.480 e. The molecule has 114 valence electrons. The van der Waals surface area contributed by atoms with E-state index in [0.717, 1.165) is 0 Å². The minimum atomic E-state index is -4.82. The van der Waals surface area contributed by atoms with Gasteiger partial charge >= 0.3 is 12.1 Å². The molecule has 0 aromatic rings. The highest BCUT2D eigenvalue weighted by Gasteiger charge is 2.61. The number of carbonyl (C=O) groups excluding carboxylic acids is 2. The summed E-state index contributed by atoms with van der Waals surface area (Å²) >= 11 is 0. The topological polar surface area (TPSA) is 122 Å². The summed E-state index contributed by atoms with van der Waals surface area (Å²) in [5.74, 6) is -4.13. The molecule has 1 unspecified atom stereocenters. The van der Waals surface area contributed by atoms with Gasteiger partial charge in [-0.2, -0.15) is 13.2 Å². The maximum absolute atomic E-state index is 13.0. The maximum Gasteiger partial charge on any atom is 0.404 e. The normalized spacial score (nSPS) is 24.1. The van der Waals surface area contributed by atoms with Crippen LogP contribution in [0.2, 0.25) is 0 Å². The van der Waals surface area contributed by atoms with Crippen molar-refractivity contribution in [2.24, 2.45) is 11.1 Å². The van der Waals surface area contributed by atoms with Crippen LogP contribution in [0.25, 0.3) is 0 Å². The van der Waals surface area contributed by atoms with E-state index < -0.39 is 54.8 Å². The summed E-state index contributed by atoms with van der Waals surface area (Å²) in [6, 6.07) is -1.78. The zero-order valence-electron chi connectivity index (χ0n) is 10.3. The van der Waals surface area contributed by atoms with Crippen molar-refractivity contribution in [3.63, 3.8) is 0 Å². The Morgan fingerprint density at radius 3 is 2.35 bits per heavy atom. The first-order chi connectivity index (χ1) is 9.10. The lowest BCUT2D eigenvalue weighted by atomic mass is 9.85. The first kappa shape index (κ1) is 16.2. The molecule has 2 amide bonds. The molecule has 2 atom stereocenters. The zero-order valence-corrected chi connectivity index (χ0v) is 10.3. The molecule has 1 rings (SSSR count). The average molecular weight is 297 g/mol. The molecule has 1 saturated heterocycles. The summed E-state index contributed by atoms with van der Waals surface area (Å²) < 4.78 is 39.1. The molecule has 20 heavy (non-hydrogen) atoms. The Bertz CT molecular complexity index is 418. The summed E-state index contributed by atoms with van der Waals surface area (Å²) in [6.45, 7) is -0.647. The monoisotopic (exact) mass is 297 g/mol. The van der Waals surface area contributed by atoms with Crippen LogP contribution >= 0.6 is 0 Å². The van der Waals surface area contributed by atoms with E-state index in [0.29, 0.717) is 0 Å². The Hall–Kier alpha value is -1.84. The van der Waals surface area contributed by atoms with E-state index in [2.05, 4.69) is 5.32 Å². The second-order valence-electron chi connectivity index (χ2n) is 4.54. The van der Waals surface area contributed by atoms with Crippen molar-refractivity contribution in [3.05, 3.63) is 0 Å². The van der Waals surface area contributed by atoms with Gasteiger partial charge < -0.3 is 21.5 Å². The van der Waals surface area contributed by atoms with Crippen molar-refractivity contribution >= 4 is 17.8 Å². The molecular weight excluding hydrogens is 283 g/mol. The number of amides is 2. The molecule has 1 aliphatic rings. The Kier molecular flexibility index (Phi) is 4.58. The van der Waals surface area contributed by atoms with Gasteiger partial charge in [-0.05, 0) is 13.0 Å². The molecular formula is C10H14F3N3O4. The molecule has 5 N–H and O–H groups in total. The van der Waals surface area contributed by atoms with E-state index in [1.165, 1.54) is 0 Å². The molecule has 0 saturated carbocycles. The predicted molar refractivity (Wildman–Crippen MR) is 59.4 cm³/mol. The van der Waals surface area contributed by atoms with Gasteiger partial charge in [0.15, 0.2) is 5.41 Å². The molecule has 7 nitrogen and oxygen atoms in total. The van der Waals surface area contributed by atoms with Crippen LogP contribution in [0.1, 0.15) is 12.8 Å². The number of hydrogen-bond acceptors (Lipinski definition) is 4. The summed E-state index contributed by atoms with van der Waals surface area (Å²) in [5.41, 5.74) is 2.11. The Morgan fingerprint density at radius 1 is 1.40 bits per heavy atom. The number of carbonyl (C=O) groups is 3. The first-order valence-electron chi connectivity index (χ1n) is 5.69. The molecule has 0 aromatic carbocycles. The van der Waals surface area contributed by atoms with Crippen LogP contribution in [-0.2, 0) is 14.4 Å². The third kappa shape index (κ3) is 3.18. The van der Waals surface area contributed by atoms with Gasteiger partial charge in [-0.25, -0.2) is 4.79 Å². The smallest absolute Gasteiger partial charge is 0.404 e. The van der Waals surface area contributed by atoms with Crippen LogP contribution in [0.4, 0.5) is 13.2 Å². The lowest BCUT2D eigenvalue weighted by molar-refractivity contribution is -0.216. The van der Waals surface area contributed by atoms with Gasteiger partial charge in [0, 0.05) is 6.54 Å². The standard InChI is InChI=1S/C10H14F3N3O4/c11-10(12,13)9(1-2-15-4-9)8(20)16-5(7(18)19)3-6(14)17/h5,15H,1-4H2,(H2,14,17)(H,16,20)(H,18,19)/t5-,9?/m1/s1. The SMILES string of the molecule is NC(=O)C[C@@H](NC(=O)C1(C(F)(F)F)CCNC1)C(=O)O. The quantitative estimate of drug-likeness (QED) is 0.517. The molecule has 0 aromatic heterocycles. The minimum absolute atomic E-state index is 0.0134. The number of carboxylic acids is 1. The van der Waals surface area contributed by atoms with Gasteiger partial charge in [0.25, 0.3) is 0 Å². The third-order valence-electron chi connectivity index (χ3n) is 3.14. The highest BCUT2D eigenvalue weighted by molar-refractivity contribution is 5.91. The van der Waals surface area contributed by atoms with Gasteiger partial charge in [-0.1, -0.05) is 0 Å². The van der Waals surface area contributed by atoms with E-state index in [-0.39, 0.29) is 6.54 Å². The number of halogens is 3. The predicted octanol–water partition coefficient (Wildman–Crippen LogP) is -1.03. The molecule has 1 aliphatic heterocycles. The van der Waals surface area contributed by atoms with Crippen molar-refractivity contribution in [3.8, 4) is 0 Å². The number of carboxylic acid groups (broad SMARTS) is 1. The highest BCUT2D eigenvalue weighted by atomic mass is 19.4. The van der Waals surface area contributed by atoms with E-state index in [4.69, 9.17) is 10.8 Å². The Labute approximate surface area is 111 Å². The van der Waals surface area contributed by atoms with Crippen LogP contribution in [-0.4, -0.2) is 48.2 Å². The lowest BCUT2D eigenvalue weighted by Gasteiger charge is -2.30. The average Bonchev–Trinajstić information content (AvgIpc) is 2.76. The van der Waals surface area contributed by atoms with Crippen molar-refractivity contribution < 1.29 is 32.7 Å². The van der Waals surface area contributed by atoms with E-state index >= 15 is 0 Å². The number of rotatable bonds is 5. The van der Waals surface area contributed by atoms with Crippen LogP contribution in [0.15, 0.2) is 0 Å². The molecule has 10 heteroatoms. The van der Waals surface area contributed by atoms with E-state index in [1.54, 1.807) is 5.32 Å². The van der Waals surface area contributed by atoms with Crippen molar-refractivity contribution in [2.75, 3.05) is 13.1 Å². The highest BCUT2D eigenvalue weighted by Crippen LogP contribution is 2.43. The van der Waals surface area contributed by atoms with Crippen LogP contribution in [0, 0.1) is 5.41 Å². The first-order valence-corrected chi connectivity index (χ1v) is 5.69. The fraction of sp³-hybridized carbons (Fsp3) is 0.700. The van der Waals surface area contributed by atoms with Gasteiger partial charge in [-0.3, -0.25) is 9.59 Å². The molecule has 0 aliphatic carbocycles. The summed E-state index contributed by atoms with van der Waals surface area (Å²) in [7, 11) is 0. The van der Waals surface area contributed by atoms with Crippen molar-refractivity contribution in [1.29, 1.82) is 0 Å². The minimum Gasteiger partial charge on any atom is -0.480 e. The molecule has 1 heterocycles. The third-order valence-corrected chi connectivity index (χ3v) is 3.14.